The van der Waals surface area contributed by atoms with Gasteiger partial charge in [-0.05, 0) is 55.7 Å². The summed E-state index contributed by atoms with van der Waals surface area (Å²) >= 11 is 1.63. The van der Waals surface area contributed by atoms with Gasteiger partial charge in [-0.25, -0.2) is 0 Å². The lowest BCUT2D eigenvalue weighted by Crippen LogP contribution is -2.48. The van der Waals surface area contributed by atoms with Crippen molar-refractivity contribution in [3.05, 3.63) is 52.7 Å². The molecule has 2 aliphatic rings. The van der Waals surface area contributed by atoms with Crippen LogP contribution in [0.5, 0.6) is 5.75 Å². The Hall–Kier alpha value is -2.34. The molecule has 2 saturated heterocycles. The molecule has 2 aromatic rings. The van der Waals surface area contributed by atoms with E-state index >= 15 is 0 Å². The molecular formula is C25H32N2O3S. The van der Waals surface area contributed by atoms with Crippen molar-refractivity contribution in [3.8, 4) is 5.75 Å². The maximum absolute atomic E-state index is 13.1. The van der Waals surface area contributed by atoms with Gasteiger partial charge in [0.2, 0.25) is 11.8 Å². The molecule has 0 spiro atoms. The minimum atomic E-state index is -0.218. The van der Waals surface area contributed by atoms with E-state index in [0.29, 0.717) is 32.5 Å². The summed E-state index contributed by atoms with van der Waals surface area (Å²) in [5.74, 6) is 1.26. The molecule has 0 atom stereocenters. The minimum Gasteiger partial charge on any atom is -0.493 e. The molecule has 31 heavy (non-hydrogen) atoms. The second kappa shape index (κ2) is 10.3. The number of carbonyl (C=O) groups is 2. The van der Waals surface area contributed by atoms with Crippen LogP contribution < -0.4 is 4.74 Å². The van der Waals surface area contributed by atoms with E-state index in [-0.39, 0.29) is 17.2 Å². The highest BCUT2D eigenvalue weighted by molar-refractivity contribution is 7.10. The van der Waals surface area contributed by atoms with Crippen molar-refractivity contribution in [2.75, 3.05) is 32.8 Å². The number of para-hydroxylation sites is 1. The first-order valence-corrected chi connectivity index (χ1v) is 12.3. The molecule has 166 valence electrons. The molecule has 1 aromatic heterocycles. The molecule has 0 unspecified atom stereocenters. The zero-order valence-corrected chi connectivity index (χ0v) is 18.9. The van der Waals surface area contributed by atoms with Crippen molar-refractivity contribution >= 4 is 23.2 Å². The van der Waals surface area contributed by atoms with Crippen molar-refractivity contribution in [1.82, 2.24) is 9.80 Å². The molecule has 2 aliphatic heterocycles. The van der Waals surface area contributed by atoms with Crippen molar-refractivity contribution < 1.29 is 14.3 Å². The Morgan fingerprint density at radius 1 is 0.871 bits per heavy atom. The van der Waals surface area contributed by atoms with Crippen LogP contribution in [-0.2, 0) is 16.0 Å². The molecule has 1 aromatic carbocycles. The lowest BCUT2D eigenvalue weighted by molar-refractivity contribution is -0.138. The number of likely N-dealkylation sites (tertiary alicyclic amines) is 2. The standard InChI is InChI=1S/C25H32N2O3S/c28-23(18-22-10-7-17-31-22)27-15-11-25(12-16-27,20-30-21-8-3-1-4-9-21)19-24(29)26-13-5-2-6-14-26/h1,3-4,7-10,17H,2,5-6,11-16,18-20H2. The van der Waals surface area contributed by atoms with Crippen molar-refractivity contribution in [3.63, 3.8) is 0 Å². The molecule has 5 nitrogen and oxygen atoms in total. The van der Waals surface area contributed by atoms with Crippen molar-refractivity contribution in [2.45, 2.75) is 44.9 Å². The molecule has 4 rings (SSSR count). The van der Waals surface area contributed by atoms with E-state index in [1.54, 1.807) is 11.3 Å². The van der Waals surface area contributed by atoms with E-state index in [4.69, 9.17) is 4.74 Å². The first kappa shape index (κ1) is 21.9. The molecule has 0 saturated carbocycles. The highest BCUT2D eigenvalue weighted by atomic mass is 32.1. The molecular weight excluding hydrogens is 408 g/mol. The fraction of sp³-hybridized carbons (Fsp3) is 0.520. The fourth-order valence-electron chi connectivity index (χ4n) is 4.61. The van der Waals surface area contributed by atoms with Gasteiger partial charge >= 0.3 is 0 Å². The topological polar surface area (TPSA) is 49.9 Å². The first-order valence-electron chi connectivity index (χ1n) is 11.4. The molecule has 2 amide bonds. The molecule has 0 radical (unpaired) electrons. The van der Waals surface area contributed by atoms with Crippen LogP contribution in [0, 0.1) is 5.41 Å². The predicted octanol–water partition coefficient (Wildman–Crippen LogP) is 4.38. The summed E-state index contributed by atoms with van der Waals surface area (Å²) in [5.41, 5.74) is -0.218. The van der Waals surface area contributed by atoms with Gasteiger partial charge in [0.25, 0.3) is 0 Å². The minimum absolute atomic E-state index is 0.183. The van der Waals surface area contributed by atoms with E-state index in [1.165, 1.54) is 6.42 Å². The SMILES string of the molecule is O=C(Cc1cccs1)N1CCC(COc2ccccc2)(CC(=O)N2CCCCC2)CC1. The largest absolute Gasteiger partial charge is 0.493 e. The van der Waals surface area contributed by atoms with Gasteiger partial charge in [-0.2, -0.15) is 0 Å². The van der Waals surface area contributed by atoms with Crippen LogP contribution in [-0.4, -0.2) is 54.4 Å². The zero-order valence-electron chi connectivity index (χ0n) is 18.1. The molecule has 3 heterocycles. The van der Waals surface area contributed by atoms with Crippen LogP contribution in [0.4, 0.5) is 0 Å². The highest BCUT2D eigenvalue weighted by Gasteiger charge is 2.39. The van der Waals surface area contributed by atoms with E-state index in [1.807, 2.05) is 57.6 Å². The second-order valence-electron chi connectivity index (χ2n) is 8.86. The number of ether oxygens (including phenoxy) is 1. The number of hydrogen-bond donors (Lipinski definition) is 0. The van der Waals surface area contributed by atoms with Gasteiger partial charge in [-0.3, -0.25) is 9.59 Å². The maximum atomic E-state index is 13.1. The molecule has 2 fully saturated rings. The number of rotatable bonds is 7. The van der Waals surface area contributed by atoms with Crippen molar-refractivity contribution in [1.29, 1.82) is 0 Å². The lowest BCUT2D eigenvalue weighted by Gasteiger charge is -2.42. The predicted molar refractivity (Wildman–Crippen MR) is 123 cm³/mol. The number of amides is 2. The number of carbonyl (C=O) groups excluding carboxylic acids is 2. The average Bonchev–Trinajstić information content (AvgIpc) is 3.32. The number of thiophene rings is 1. The smallest absolute Gasteiger partial charge is 0.227 e. The number of nitrogens with zero attached hydrogens (tertiary/aromatic N) is 2. The third-order valence-corrected chi connectivity index (χ3v) is 7.48. The summed E-state index contributed by atoms with van der Waals surface area (Å²) in [5, 5.41) is 2.01. The quantitative estimate of drug-likeness (QED) is 0.642. The lowest BCUT2D eigenvalue weighted by atomic mass is 9.75. The van der Waals surface area contributed by atoms with Gasteiger partial charge in [0.05, 0.1) is 13.0 Å². The van der Waals surface area contributed by atoms with Crippen LogP contribution in [0.2, 0.25) is 0 Å². The summed E-state index contributed by atoms with van der Waals surface area (Å²) in [6.45, 7) is 3.65. The maximum Gasteiger partial charge on any atom is 0.227 e. The van der Waals surface area contributed by atoms with E-state index in [9.17, 15) is 9.59 Å². The molecule has 6 heteroatoms. The van der Waals surface area contributed by atoms with Gasteiger partial charge in [-0.15, -0.1) is 11.3 Å². The Labute approximate surface area is 189 Å². The average molecular weight is 441 g/mol. The normalized spacial score (nSPS) is 18.6. The van der Waals surface area contributed by atoms with Crippen LogP contribution in [0.25, 0.3) is 0 Å². The Balaban J connectivity index is 1.40. The van der Waals surface area contributed by atoms with Crippen LogP contribution in [0.1, 0.15) is 43.4 Å². The van der Waals surface area contributed by atoms with Gasteiger partial charge in [0.1, 0.15) is 5.75 Å². The Kier molecular flexibility index (Phi) is 7.28. The summed E-state index contributed by atoms with van der Waals surface area (Å²) in [6, 6.07) is 13.8. The van der Waals surface area contributed by atoms with Crippen LogP contribution in [0.3, 0.4) is 0 Å². The number of piperidine rings is 2. The Morgan fingerprint density at radius 3 is 2.26 bits per heavy atom. The second-order valence-corrected chi connectivity index (χ2v) is 9.89. The summed E-state index contributed by atoms with van der Waals surface area (Å²) in [6.07, 6.45) is 6.00. The van der Waals surface area contributed by atoms with Gasteiger partial charge in [0, 0.05) is 42.9 Å². The van der Waals surface area contributed by atoms with Gasteiger partial charge in [-0.1, -0.05) is 24.3 Å². The summed E-state index contributed by atoms with van der Waals surface area (Å²) in [4.78, 5) is 31.0. The van der Waals surface area contributed by atoms with E-state index in [2.05, 4.69) is 0 Å². The monoisotopic (exact) mass is 440 g/mol. The highest BCUT2D eigenvalue weighted by Crippen LogP contribution is 2.37. The van der Waals surface area contributed by atoms with E-state index < -0.39 is 0 Å². The molecule has 0 aliphatic carbocycles. The molecule has 0 bridgehead atoms. The molecule has 0 N–H and O–H groups in total. The van der Waals surface area contributed by atoms with Crippen molar-refractivity contribution in [2.24, 2.45) is 5.41 Å². The summed E-state index contributed by atoms with van der Waals surface area (Å²) in [7, 11) is 0. The third kappa shape index (κ3) is 5.88. The zero-order chi connectivity index (χ0) is 21.5. The number of benzene rings is 1. The Bertz CT molecular complexity index is 839. The summed E-state index contributed by atoms with van der Waals surface area (Å²) < 4.78 is 6.15. The first-order chi connectivity index (χ1) is 15.1. The van der Waals surface area contributed by atoms with E-state index in [0.717, 1.165) is 49.4 Å². The van der Waals surface area contributed by atoms with Crippen LogP contribution >= 0.6 is 11.3 Å². The van der Waals surface area contributed by atoms with Gasteiger partial charge < -0.3 is 14.5 Å². The fourth-order valence-corrected chi connectivity index (χ4v) is 5.30. The van der Waals surface area contributed by atoms with Crippen LogP contribution in [0.15, 0.2) is 47.8 Å². The van der Waals surface area contributed by atoms with Gasteiger partial charge in [0.15, 0.2) is 0 Å². The number of hydrogen-bond acceptors (Lipinski definition) is 4. The third-order valence-electron chi connectivity index (χ3n) is 6.61. The Morgan fingerprint density at radius 2 is 1.58 bits per heavy atom.